The topological polar surface area (TPSA) is 51.2 Å². The smallest absolute Gasteiger partial charge is 0.339 e. The molecule has 0 saturated heterocycles. The van der Waals surface area contributed by atoms with Crippen LogP contribution in [-0.2, 0) is 11.3 Å². The van der Waals surface area contributed by atoms with Gasteiger partial charge in [-0.05, 0) is 62.1 Å². The van der Waals surface area contributed by atoms with E-state index in [9.17, 15) is 4.79 Å². The summed E-state index contributed by atoms with van der Waals surface area (Å²) >= 11 is 0. The first-order chi connectivity index (χ1) is 9.78. The van der Waals surface area contributed by atoms with Crippen LogP contribution in [0.15, 0.2) is 18.3 Å². The minimum Gasteiger partial charge on any atom is -0.465 e. The fraction of sp³-hybridized carbons (Fsp3) is 0.625. The van der Waals surface area contributed by atoms with Gasteiger partial charge in [-0.25, -0.2) is 4.79 Å². The van der Waals surface area contributed by atoms with Gasteiger partial charge >= 0.3 is 5.97 Å². The summed E-state index contributed by atoms with van der Waals surface area (Å²) in [5, 5.41) is 3.53. The van der Waals surface area contributed by atoms with Gasteiger partial charge in [0.25, 0.3) is 0 Å². The first kappa shape index (κ1) is 13.6. The summed E-state index contributed by atoms with van der Waals surface area (Å²) in [7, 11) is 1.38. The number of carbonyl (C=O) groups is 1. The van der Waals surface area contributed by atoms with Crippen molar-refractivity contribution < 1.29 is 9.53 Å². The Kier molecular flexibility index (Phi) is 4.01. The summed E-state index contributed by atoms with van der Waals surface area (Å²) in [6.07, 6.45) is 7.29. The molecule has 20 heavy (non-hydrogen) atoms. The Morgan fingerprint density at radius 3 is 2.55 bits per heavy atom. The summed E-state index contributed by atoms with van der Waals surface area (Å²) < 4.78 is 4.66. The van der Waals surface area contributed by atoms with Crippen LogP contribution in [0.5, 0.6) is 0 Å². The van der Waals surface area contributed by atoms with Gasteiger partial charge in [0.2, 0.25) is 0 Å². The van der Waals surface area contributed by atoms with Gasteiger partial charge in [0.1, 0.15) is 0 Å². The van der Waals surface area contributed by atoms with E-state index in [4.69, 9.17) is 0 Å². The van der Waals surface area contributed by atoms with E-state index in [-0.39, 0.29) is 5.97 Å². The molecule has 0 bridgehead atoms. The number of carbonyl (C=O) groups excluding carboxylic acids is 1. The number of rotatable bonds is 7. The highest BCUT2D eigenvalue weighted by atomic mass is 16.5. The van der Waals surface area contributed by atoms with Crippen LogP contribution in [0.1, 0.15) is 41.7 Å². The molecule has 1 N–H and O–H groups in total. The molecule has 2 saturated carbocycles. The molecule has 2 aliphatic carbocycles. The average Bonchev–Trinajstić information content (AvgIpc) is 3.37. The zero-order valence-electron chi connectivity index (χ0n) is 12.0. The fourth-order valence-electron chi connectivity index (χ4n) is 2.90. The fourth-order valence-corrected chi connectivity index (χ4v) is 2.90. The van der Waals surface area contributed by atoms with Crippen molar-refractivity contribution in [2.24, 2.45) is 17.8 Å². The molecule has 3 rings (SSSR count). The molecular formula is C16H22N2O2. The van der Waals surface area contributed by atoms with E-state index in [1.807, 2.05) is 6.07 Å². The second-order valence-corrected chi connectivity index (χ2v) is 6.00. The third-order valence-corrected chi connectivity index (χ3v) is 4.39. The molecular weight excluding hydrogens is 252 g/mol. The van der Waals surface area contributed by atoms with Crippen molar-refractivity contribution in [3.05, 3.63) is 29.6 Å². The summed E-state index contributed by atoms with van der Waals surface area (Å²) in [6, 6.07) is 3.66. The zero-order valence-corrected chi connectivity index (χ0v) is 12.0. The zero-order chi connectivity index (χ0) is 13.9. The van der Waals surface area contributed by atoms with Crippen LogP contribution < -0.4 is 5.32 Å². The number of hydrogen-bond acceptors (Lipinski definition) is 4. The Morgan fingerprint density at radius 2 is 2.05 bits per heavy atom. The van der Waals surface area contributed by atoms with Gasteiger partial charge in [-0.1, -0.05) is 0 Å². The first-order valence-electron chi connectivity index (χ1n) is 7.52. The summed E-state index contributed by atoms with van der Waals surface area (Å²) in [6.45, 7) is 1.88. The van der Waals surface area contributed by atoms with Crippen LogP contribution in [-0.4, -0.2) is 24.6 Å². The van der Waals surface area contributed by atoms with Gasteiger partial charge in [-0.15, -0.1) is 0 Å². The number of esters is 1. The number of ether oxygens (including phenoxy) is 1. The SMILES string of the molecule is COC(=O)c1ccc(CNCC(C2CC2)C2CC2)nc1. The first-order valence-corrected chi connectivity index (χ1v) is 7.52. The number of hydrogen-bond donors (Lipinski definition) is 1. The van der Waals surface area contributed by atoms with E-state index in [1.165, 1.54) is 32.8 Å². The highest BCUT2D eigenvalue weighted by Crippen LogP contribution is 2.48. The van der Waals surface area contributed by atoms with E-state index < -0.39 is 0 Å². The van der Waals surface area contributed by atoms with Crippen LogP contribution >= 0.6 is 0 Å². The molecule has 0 spiro atoms. The third-order valence-electron chi connectivity index (χ3n) is 4.39. The molecule has 0 aliphatic heterocycles. The normalized spacial score (nSPS) is 18.3. The Bertz CT molecular complexity index is 452. The van der Waals surface area contributed by atoms with Crippen molar-refractivity contribution in [1.82, 2.24) is 10.3 Å². The van der Waals surface area contributed by atoms with Gasteiger partial charge in [-0.2, -0.15) is 0 Å². The minimum atomic E-state index is -0.334. The quantitative estimate of drug-likeness (QED) is 0.776. The number of aromatic nitrogens is 1. The second kappa shape index (κ2) is 5.92. The molecule has 108 valence electrons. The molecule has 2 aliphatic rings. The molecule has 1 heterocycles. The summed E-state index contributed by atoms with van der Waals surface area (Å²) in [5.41, 5.74) is 1.48. The van der Waals surface area contributed by atoms with Crippen molar-refractivity contribution in [1.29, 1.82) is 0 Å². The van der Waals surface area contributed by atoms with Crippen LogP contribution in [0.2, 0.25) is 0 Å². The van der Waals surface area contributed by atoms with Crippen LogP contribution in [0.25, 0.3) is 0 Å². The number of methoxy groups -OCH3 is 1. The van der Waals surface area contributed by atoms with Gasteiger partial charge in [0.05, 0.1) is 18.4 Å². The molecule has 0 atom stereocenters. The third kappa shape index (κ3) is 3.37. The van der Waals surface area contributed by atoms with Crippen molar-refractivity contribution in [2.75, 3.05) is 13.7 Å². The highest BCUT2D eigenvalue weighted by Gasteiger charge is 2.40. The van der Waals surface area contributed by atoms with Gasteiger partial charge in [-0.3, -0.25) is 4.98 Å². The number of nitrogens with zero attached hydrogens (tertiary/aromatic N) is 1. The minimum absolute atomic E-state index is 0.334. The molecule has 4 nitrogen and oxygen atoms in total. The van der Waals surface area contributed by atoms with Crippen molar-refractivity contribution in [3.63, 3.8) is 0 Å². The van der Waals surface area contributed by atoms with Crippen LogP contribution in [0.4, 0.5) is 0 Å². The van der Waals surface area contributed by atoms with Gasteiger partial charge < -0.3 is 10.1 Å². The lowest BCUT2D eigenvalue weighted by Crippen LogP contribution is -2.25. The maximum absolute atomic E-state index is 11.3. The second-order valence-electron chi connectivity index (χ2n) is 6.00. The van der Waals surface area contributed by atoms with E-state index in [2.05, 4.69) is 15.0 Å². The predicted octanol–water partition coefficient (Wildman–Crippen LogP) is 2.39. The van der Waals surface area contributed by atoms with E-state index in [0.717, 1.165) is 36.5 Å². The molecule has 2 fully saturated rings. The molecule has 0 unspecified atom stereocenters. The lowest BCUT2D eigenvalue weighted by atomic mass is 9.98. The molecule has 1 aromatic heterocycles. The van der Waals surface area contributed by atoms with Crippen molar-refractivity contribution >= 4 is 5.97 Å². The van der Waals surface area contributed by atoms with Gasteiger partial charge in [0.15, 0.2) is 0 Å². The molecule has 0 amide bonds. The van der Waals surface area contributed by atoms with Gasteiger partial charge in [0, 0.05) is 12.7 Å². The van der Waals surface area contributed by atoms with Crippen molar-refractivity contribution in [2.45, 2.75) is 32.2 Å². The predicted molar refractivity (Wildman–Crippen MR) is 76.2 cm³/mol. The standard InChI is InChI=1S/C16H22N2O2/c1-20-16(19)13-6-7-14(18-8-13)9-17-10-15(11-2-3-11)12-4-5-12/h6-8,11-12,15,17H,2-5,9-10H2,1H3. The summed E-state index contributed by atoms with van der Waals surface area (Å²) in [4.78, 5) is 15.6. The lowest BCUT2D eigenvalue weighted by molar-refractivity contribution is 0.0600. The number of nitrogens with one attached hydrogen (secondary N) is 1. The Morgan fingerprint density at radius 1 is 1.35 bits per heavy atom. The Balaban J connectivity index is 1.46. The maximum atomic E-state index is 11.3. The average molecular weight is 274 g/mol. The molecule has 0 aromatic carbocycles. The largest absolute Gasteiger partial charge is 0.465 e. The molecule has 1 aromatic rings. The van der Waals surface area contributed by atoms with Crippen molar-refractivity contribution in [3.8, 4) is 0 Å². The molecule has 4 heteroatoms. The Hall–Kier alpha value is -1.42. The maximum Gasteiger partial charge on any atom is 0.339 e. The monoisotopic (exact) mass is 274 g/mol. The van der Waals surface area contributed by atoms with E-state index >= 15 is 0 Å². The number of pyridine rings is 1. The van der Waals surface area contributed by atoms with E-state index in [0.29, 0.717) is 5.56 Å². The Labute approximate surface area is 119 Å². The lowest BCUT2D eigenvalue weighted by Gasteiger charge is -2.16. The molecule has 0 radical (unpaired) electrons. The van der Waals surface area contributed by atoms with Crippen LogP contribution in [0.3, 0.4) is 0 Å². The highest BCUT2D eigenvalue weighted by molar-refractivity contribution is 5.88. The van der Waals surface area contributed by atoms with E-state index in [1.54, 1.807) is 12.3 Å². The van der Waals surface area contributed by atoms with Crippen LogP contribution in [0, 0.1) is 17.8 Å². The summed E-state index contributed by atoms with van der Waals surface area (Å²) in [5.74, 6) is 2.50.